The Morgan fingerprint density at radius 3 is 2.33 bits per heavy atom. The number of hydrogen-bond donors (Lipinski definition) is 1. The minimum absolute atomic E-state index is 0.813. The van der Waals surface area contributed by atoms with Gasteiger partial charge in [-0.1, -0.05) is 63.3 Å². The van der Waals surface area contributed by atoms with Gasteiger partial charge in [-0.25, -0.2) is 0 Å². The van der Waals surface area contributed by atoms with Crippen LogP contribution < -0.4 is 10.1 Å². The molecule has 2 rings (SSSR count). The van der Waals surface area contributed by atoms with Crippen molar-refractivity contribution >= 4 is 5.69 Å². The number of nitrogens with one attached hydrogen (secondary N) is 1. The molecule has 0 bridgehead atoms. The smallest absolute Gasteiger partial charge is 0.119 e. The van der Waals surface area contributed by atoms with Crippen LogP contribution in [-0.2, 0) is 13.0 Å². The second-order valence-corrected chi connectivity index (χ2v) is 6.42. The van der Waals surface area contributed by atoms with Crippen LogP contribution in [0.25, 0.3) is 0 Å². The average molecular weight is 325 g/mol. The minimum atomic E-state index is 0.813. The third kappa shape index (κ3) is 6.66. The summed E-state index contributed by atoms with van der Waals surface area (Å²) in [4.78, 5) is 0. The van der Waals surface area contributed by atoms with Crippen LogP contribution in [0.1, 0.15) is 56.6 Å². The van der Waals surface area contributed by atoms with E-state index in [2.05, 4.69) is 48.6 Å². The Bertz CT molecular complexity index is 577. The number of unbranched alkanes of at least 4 members (excludes halogenated alkanes) is 5. The summed E-state index contributed by atoms with van der Waals surface area (Å²) in [7, 11) is 1.70. The van der Waals surface area contributed by atoms with E-state index in [1.54, 1.807) is 7.11 Å². The Balaban J connectivity index is 1.71. The fourth-order valence-electron chi connectivity index (χ4n) is 2.89. The van der Waals surface area contributed by atoms with Crippen molar-refractivity contribution in [1.29, 1.82) is 0 Å². The topological polar surface area (TPSA) is 21.3 Å². The second kappa shape index (κ2) is 10.7. The van der Waals surface area contributed by atoms with Gasteiger partial charge >= 0.3 is 0 Å². The lowest BCUT2D eigenvalue weighted by Crippen LogP contribution is -1.99. The lowest BCUT2D eigenvalue weighted by molar-refractivity contribution is 0.414. The molecule has 0 spiro atoms. The van der Waals surface area contributed by atoms with E-state index in [0.29, 0.717) is 0 Å². The van der Waals surface area contributed by atoms with E-state index in [1.807, 2.05) is 12.1 Å². The van der Waals surface area contributed by atoms with Gasteiger partial charge in [0.25, 0.3) is 0 Å². The van der Waals surface area contributed by atoms with E-state index in [-0.39, 0.29) is 0 Å². The van der Waals surface area contributed by atoms with Gasteiger partial charge in [0.15, 0.2) is 0 Å². The summed E-state index contributed by atoms with van der Waals surface area (Å²) in [6, 6.07) is 17.1. The molecule has 0 aliphatic heterocycles. The number of aryl methyl sites for hydroxylation is 1. The van der Waals surface area contributed by atoms with Crippen LogP contribution >= 0.6 is 0 Å². The standard InChI is InChI=1S/C22H31NO/c1-3-4-5-6-7-8-10-19-13-15-21(16-14-19)23-18-20-11-9-12-22(17-20)24-2/h9,11-17,23H,3-8,10,18H2,1-2H3. The van der Waals surface area contributed by atoms with Crippen LogP contribution in [0.15, 0.2) is 48.5 Å². The zero-order valence-electron chi connectivity index (χ0n) is 15.2. The molecule has 130 valence electrons. The predicted molar refractivity (Wildman–Crippen MR) is 104 cm³/mol. The van der Waals surface area contributed by atoms with Gasteiger partial charge in [-0.05, 0) is 48.2 Å². The molecule has 2 aromatic rings. The van der Waals surface area contributed by atoms with Crippen LogP contribution in [-0.4, -0.2) is 7.11 Å². The van der Waals surface area contributed by atoms with Gasteiger partial charge in [0.1, 0.15) is 5.75 Å². The number of rotatable bonds is 11. The number of benzene rings is 2. The molecule has 0 amide bonds. The zero-order valence-corrected chi connectivity index (χ0v) is 15.2. The van der Waals surface area contributed by atoms with Crippen molar-refractivity contribution in [2.75, 3.05) is 12.4 Å². The molecule has 2 aromatic carbocycles. The molecule has 24 heavy (non-hydrogen) atoms. The Kier molecular flexibility index (Phi) is 8.23. The molecule has 0 fully saturated rings. The van der Waals surface area contributed by atoms with E-state index in [1.165, 1.54) is 61.8 Å². The number of ether oxygens (including phenoxy) is 1. The SMILES string of the molecule is CCCCCCCCc1ccc(NCc2cccc(OC)c2)cc1. The fourth-order valence-corrected chi connectivity index (χ4v) is 2.89. The first kappa shape index (κ1) is 18.4. The van der Waals surface area contributed by atoms with Crippen molar-refractivity contribution < 1.29 is 4.74 Å². The minimum Gasteiger partial charge on any atom is -0.497 e. The molecule has 0 saturated carbocycles. The van der Waals surface area contributed by atoms with Crippen LogP contribution in [0, 0.1) is 0 Å². The van der Waals surface area contributed by atoms with Gasteiger partial charge in [-0.3, -0.25) is 0 Å². The first-order chi connectivity index (χ1) is 11.8. The van der Waals surface area contributed by atoms with Crippen LogP contribution in [0.4, 0.5) is 5.69 Å². The Morgan fingerprint density at radius 1 is 0.833 bits per heavy atom. The summed E-state index contributed by atoms with van der Waals surface area (Å²) in [6.07, 6.45) is 9.34. The Morgan fingerprint density at radius 2 is 1.58 bits per heavy atom. The molecule has 0 atom stereocenters. The van der Waals surface area contributed by atoms with Gasteiger partial charge in [0.2, 0.25) is 0 Å². The molecular weight excluding hydrogens is 294 g/mol. The van der Waals surface area contributed by atoms with E-state index >= 15 is 0 Å². The van der Waals surface area contributed by atoms with E-state index in [4.69, 9.17) is 4.74 Å². The maximum atomic E-state index is 5.26. The highest BCUT2D eigenvalue weighted by molar-refractivity contribution is 5.45. The third-order valence-corrected chi connectivity index (χ3v) is 4.40. The molecule has 1 N–H and O–H groups in total. The molecule has 2 heteroatoms. The lowest BCUT2D eigenvalue weighted by Gasteiger charge is -2.09. The van der Waals surface area contributed by atoms with Gasteiger partial charge in [-0.15, -0.1) is 0 Å². The van der Waals surface area contributed by atoms with Gasteiger partial charge in [0.05, 0.1) is 7.11 Å². The van der Waals surface area contributed by atoms with Crippen molar-refractivity contribution in [2.45, 2.75) is 58.4 Å². The largest absolute Gasteiger partial charge is 0.497 e. The lowest BCUT2D eigenvalue weighted by atomic mass is 10.0. The number of anilines is 1. The first-order valence-electron chi connectivity index (χ1n) is 9.27. The predicted octanol–water partition coefficient (Wildman–Crippen LogP) is 6.21. The summed E-state index contributed by atoms with van der Waals surface area (Å²) in [5, 5.41) is 3.47. The molecule has 0 heterocycles. The van der Waals surface area contributed by atoms with Crippen molar-refractivity contribution in [1.82, 2.24) is 0 Å². The molecule has 0 radical (unpaired) electrons. The van der Waals surface area contributed by atoms with E-state index in [0.717, 1.165) is 12.3 Å². The normalized spacial score (nSPS) is 10.6. The summed E-state index contributed by atoms with van der Waals surface area (Å²) >= 11 is 0. The van der Waals surface area contributed by atoms with Crippen molar-refractivity contribution in [2.24, 2.45) is 0 Å². The molecule has 0 unspecified atom stereocenters. The highest BCUT2D eigenvalue weighted by Gasteiger charge is 1.98. The highest BCUT2D eigenvalue weighted by Crippen LogP contribution is 2.16. The molecule has 0 aromatic heterocycles. The maximum absolute atomic E-state index is 5.26. The molecule has 0 aliphatic carbocycles. The van der Waals surface area contributed by atoms with Gasteiger partial charge in [-0.2, -0.15) is 0 Å². The summed E-state index contributed by atoms with van der Waals surface area (Å²) in [5.41, 5.74) is 3.84. The Labute approximate surface area is 147 Å². The van der Waals surface area contributed by atoms with Gasteiger partial charge < -0.3 is 10.1 Å². The molecule has 2 nitrogen and oxygen atoms in total. The monoisotopic (exact) mass is 325 g/mol. The maximum Gasteiger partial charge on any atom is 0.119 e. The first-order valence-corrected chi connectivity index (χ1v) is 9.27. The second-order valence-electron chi connectivity index (χ2n) is 6.42. The number of hydrogen-bond acceptors (Lipinski definition) is 2. The average Bonchev–Trinajstić information content (AvgIpc) is 2.64. The van der Waals surface area contributed by atoms with Crippen LogP contribution in [0.3, 0.4) is 0 Å². The van der Waals surface area contributed by atoms with E-state index in [9.17, 15) is 0 Å². The fraction of sp³-hybridized carbons (Fsp3) is 0.455. The van der Waals surface area contributed by atoms with Crippen molar-refractivity contribution in [3.63, 3.8) is 0 Å². The van der Waals surface area contributed by atoms with Crippen LogP contribution in [0.5, 0.6) is 5.75 Å². The van der Waals surface area contributed by atoms with Crippen LogP contribution in [0.2, 0.25) is 0 Å². The number of methoxy groups -OCH3 is 1. The zero-order chi connectivity index (χ0) is 17.0. The van der Waals surface area contributed by atoms with E-state index < -0.39 is 0 Å². The summed E-state index contributed by atoms with van der Waals surface area (Å²) in [6.45, 7) is 3.08. The van der Waals surface area contributed by atoms with Gasteiger partial charge in [0, 0.05) is 12.2 Å². The molecule has 0 saturated heterocycles. The van der Waals surface area contributed by atoms with Crippen molar-refractivity contribution in [3.8, 4) is 5.75 Å². The Hall–Kier alpha value is -1.96. The summed E-state index contributed by atoms with van der Waals surface area (Å²) in [5.74, 6) is 0.906. The van der Waals surface area contributed by atoms with Crippen molar-refractivity contribution in [3.05, 3.63) is 59.7 Å². The quantitative estimate of drug-likeness (QED) is 0.496. The highest BCUT2D eigenvalue weighted by atomic mass is 16.5. The molecular formula is C22H31NO. The third-order valence-electron chi connectivity index (χ3n) is 4.40. The molecule has 0 aliphatic rings. The summed E-state index contributed by atoms with van der Waals surface area (Å²) < 4.78 is 5.26.